The van der Waals surface area contributed by atoms with Crippen molar-refractivity contribution in [2.75, 3.05) is 24.6 Å². The first-order chi connectivity index (χ1) is 12.6. The average Bonchev–Trinajstić information content (AvgIpc) is 3.29. The number of halogens is 1. The Hall–Kier alpha value is -1.73. The van der Waals surface area contributed by atoms with E-state index in [1.165, 1.54) is 11.8 Å². The zero-order chi connectivity index (χ0) is 18.5. The normalized spacial score (nSPS) is 15.3. The van der Waals surface area contributed by atoms with Crippen LogP contribution in [0.2, 0.25) is 5.02 Å². The van der Waals surface area contributed by atoms with Crippen molar-refractivity contribution in [2.45, 2.75) is 43.5 Å². The minimum atomic E-state index is -0.366. The van der Waals surface area contributed by atoms with Gasteiger partial charge < -0.3 is 9.64 Å². The minimum Gasteiger partial charge on any atom is -0.465 e. The predicted molar refractivity (Wildman–Crippen MR) is 104 cm³/mol. The van der Waals surface area contributed by atoms with E-state index in [0.29, 0.717) is 16.8 Å². The van der Waals surface area contributed by atoms with Crippen molar-refractivity contribution >= 4 is 35.3 Å². The number of nitrogens with zero attached hydrogens (tertiary/aromatic N) is 4. The summed E-state index contributed by atoms with van der Waals surface area (Å²) in [7, 11) is 0. The number of anilines is 1. The largest absolute Gasteiger partial charge is 0.465 e. The molecule has 0 N–H and O–H groups in total. The van der Waals surface area contributed by atoms with Gasteiger partial charge in [0.05, 0.1) is 12.3 Å². The Kier molecular flexibility index (Phi) is 6.43. The molecule has 1 aliphatic heterocycles. The number of carbonyl (C=O) groups is 1. The Morgan fingerprint density at radius 2 is 2.12 bits per heavy atom. The molecule has 2 heterocycles. The van der Waals surface area contributed by atoms with E-state index >= 15 is 0 Å². The number of esters is 1. The van der Waals surface area contributed by atoms with Gasteiger partial charge in [-0.1, -0.05) is 36.4 Å². The highest BCUT2D eigenvalue weighted by atomic mass is 35.5. The van der Waals surface area contributed by atoms with Gasteiger partial charge in [0.25, 0.3) is 0 Å². The minimum absolute atomic E-state index is 0.236. The van der Waals surface area contributed by atoms with E-state index in [0.717, 1.165) is 44.0 Å². The monoisotopic (exact) mass is 394 g/mol. The zero-order valence-electron chi connectivity index (χ0n) is 15.0. The fourth-order valence-corrected chi connectivity index (χ4v) is 3.87. The van der Waals surface area contributed by atoms with Gasteiger partial charge >= 0.3 is 5.97 Å². The first-order valence-electron chi connectivity index (χ1n) is 8.89. The number of thioether (sulfide) groups is 1. The summed E-state index contributed by atoms with van der Waals surface area (Å²) in [4.78, 5) is 14.4. The Labute approximate surface area is 162 Å². The predicted octanol–water partition coefficient (Wildman–Crippen LogP) is 3.95. The Morgan fingerprint density at radius 3 is 2.81 bits per heavy atom. The van der Waals surface area contributed by atoms with E-state index < -0.39 is 0 Å². The van der Waals surface area contributed by atoms with Gasteiger partial charge in [-0.05, 0) is 44.4 Å². The van der Waals surface area contributed by atoms with Crippen LogP contribution in [0.1, 0.15) is 33.1 Å². The Morgan fingerprint density at radius 1 is 1.35 bits per heavy atom. The number of ether oxygens (including phenoxy) is 1. The van der Waals surface area contributed by atoms with Crippen molar-refractivity contribution < 1.29 is 9.53 Å². The fraction of sp³-hybridized carbons (Fsp3) is 0.500. The maximum absolute atomic E-state index is 12.1. The van der Waals surface area contributed by atoms with Gasteiger partial charge in [-0.25, -0.2) is 0 Å². The van der Waals surface area contributed by atoms with Gasteiger partial charge in [-0.15, -0.1) is 10.2 Å². The topological polar surface area (TPSA) is 60.2 Å². The van der Waals surface area contributed by atoms with Gasteiger partial charge in [0.15, 0.2) is 5.16 Å². The first-order valence-corrected chi connectivity index (χ1v) is 10.2. The number of benzene rings is 1. The number of aromatic nitrogens is 3. The molecule has 0 spiro atoms. The molecule has 0 radical (unpaired) electrons. The highest BCUT2D eigenvalue weighted by Gasteiger charge is 2.25. The molecular weight excluding hydrogens is 372 g/mol. The second-order valence-electron chi connectivity index (χ2n) is 6.22. The Balaban J connectivity index is 1.91. The molecule has 0 bridgehead atoms. The molecule has 1 saturated heterocycles. The third-order valence-electron chi connectivity index (χ3n) is 4.13. The lowest BCUT2D eigenvalue weighted by atomic mass is 10.3. The first kappa shape index (κ1) is 19.0. The molecule has 3 rings (SSSR count). The highest BCUT2D eigenvalue weighted by Crippen LogP contribution is 2.31. The molecule has 1 aliphatic rings. The van der Waals surface area contributed by atoms with Gasteiger partial charge in [0.2, 0.25) is 5.95 Å². The van der Waals surface area contributed by atoms with Gasteiger partial charge in [-0.2, -0.15) is 0 Å². The van der Waals surface area contributed by atoms with Crippen LogP contribution in [0.3, 0.4) is 0 Å². The van der Waals surface area contributed by atoms with Crippen LogP contribution in [-0.2, 0) is 9.53 Å². The van der Waals surface area contributed by atoms with Crippen molar-refractivity contribution in [3.8, 4) is 5.69 Å². The number of hydrogen-bond donors (Lipinski definition) is 0. The van der Waals surface area contributed by atoms with Gasteiger partial charge in [0, 0.05) is 18.1 Å². The SMILES string of the molecule is CCCOC(=O)C(C)Sc1nnc(N2CCCC2)n1-c1cccc(Cl)c1. The van der Waals surface area contributed by atoms with E-state index in [9.17, 15) is 4.79 Å². The summed E-state index contributed by atoms with van der Waals surface area (Å²) in [5, 5.41) is 9.70. The number of carbonyl (C=O) groups excluding carboxylic acids is 1. The second-order valence-corrected chi connectivity index (χ2v) is 7.96. The average molecular weight is 395 g/mol. The van der Waals surface area contributed by atoms with Gasteiger partial charge in [-0.3, -0.25) is 9.36 Å². The fourth-order valence-electron chi connectivity index (χ4n) is 2.83. The summed E-state index contributed by atoms with van der Waals surface area (Å²) in [6.07, 6.45) is 3.09. The van der Waals surface area contributed by atoms with E-state index in [1.54, 1.807) is 0 Å². The second kappa shape index (κ2) is 8.77. The van der Waals surface area contributed by atoms with Crippen LogP contribution in [0, 0.1) is 0 Å². The van der Waals surface area contributed by atoms with E-state index in [-0.39, 0.29) is 11.2 Å². The molecule has 26 heavy (non-hydrogen) atoms. The summed E-state index contributed by atoms with van der Waals surface area (Å²) in [5.41, 5.74) is 0.890. The van der Waals surface area contributed by atoms with Crippen molar-refractivity contribution in [1.82, 2.24) is 14.8 Å². The molecule has 140 valence electrons. The summed E-state index contributed by atoms with van der Waals surface area (Å²) in [6.45, 7) is 6.15. The van der Waals surface area contributed by atoms with Crippen LogP contribution in [0.4, 0.5) is 5.95 Å². The van der Waals surface area contributed by atoms with Crippen LogP contribution in [0.15, 0.2) is 29.4 Å². The van der Waals surface area contributed by atoms with E-state index in [2.05, 4.69) is 15.1 Å². The molecule has 2 aromatic rings. The standard InChI is InChI=1S/C18H23ClN4O2S/c1-3-11-25-16(24)13(2)26-18-21-20-17(22-9-4-5-10-22)23(18)15-8-6-7-14(19)12-15/h6-8,12-13H,3-5,9-11H2,1-2H3. The van der Waals surface area contributed by atoms with E-state index in [4.69, 9.17) is 16.3 Å². The molecule has 0 amide bonds. The lowest BCUT2D eigenvalue weighted by Crippen LogP contribution is -2.22. The smallest absolute Gasteiger partial charge is 0.319 e. The van der Waals surface area contributed by atoms with Crippen LogP contribution < -0.4 is 4.90 Å². The summed E-state index contributed by atoms with van der Waals surface area (Å²) >= 11 is 7.54. The van der Waals surface area contributed by atoms with Crippen molar-refractivity contribution in [1.29, 1.82) is 0 Å². The van der Waals surface area contributed by atoms with Crippen LogP contribution in [0.5, 0.6) is 0 Å². The third kappa shape index (κ3) is 4.32. The molecule has 8 heteroatoms. The lowest BCUT2D eigenvalue weighted by Gasteiger charge is -2.19. The molecule has 0 saturated carbocycles. The number of rotatable bonds is 7. The van der Waals surface area contributed by atoms with E-state index in [1.807, 2.05) is 42.7 Å². The highest BCUT2D eigenvalue weighted by molar-refractivity contribution is 8.00. The summed E-state index contributed by atoms with van der Waals surface area (Å²) in [6, 6.07) is 7.59. The summed E-state index contributed by atoms with van der Waals surface area (Å²) < 4.78 is 7.23. The third-order valence-corrected chi connectivity index (χ3v) is 5.39. The van der Waals surface area contributed by atoms with Crippen LogP contribution in [-0.4, -0.2) is 45.7 Å². The Bertz CT molecular complexity index is 761. The quantitative estimate of drug-likeness (QED) is 0.523. The van der Waals surface area contributed by atoms with Crippen molar-refractivity contribution in [3.05, 3.63) is 29.3 Å². The van der Waals surface area contributed by atoms with Crippen LogP contribution in [0.25, 0.3) is 5.69 Å². The molecular formula is C18H23ClN4O2S. The molecule has 1 fully saturated rings. The molecule has 1 aromatic carbocycles. The lowest BCUT2D eigenvalue weighted by molar-refractivity contribution is -0.142. The molecule has 1 atom stereocenters. The number of hydrogen-bond acceptors (Lipinski definition) is 6. The maximum atomic E-state index is 12.1. The summed E-state index contributed by atoms with van der Waals surface area (Å²) in [5.74, 6) is 0.557. The van der Waals surface area contributed by atoms with Crippen molar-refractivity contribution in [2.24, 2.45) is 0 Å². The molecule has 0 aliphatic carbocycles. The molecule has 1 aromatic heterocycles. The zero-order valence-corrected chi connectivity index (χ0v) is 16.6. The molecule has 6 nitrogen and oxygen atoms in total. The van der Waals surface area contributed by atoms with Crippen LogP contribution >= 0.6 is 23.4 Å². The van der Waals surface area contributed by atoms with Gasteiger partial charge in [0.1, 0.15) is 5.25 Å². The molecule has 1 unspecified atom stereocenters. The maximum Gasteiger partial charge on any atom is 0.319 e. The van der Waals surface area contributed by atoms with Crippen molar-refractivity contribution in [3.63, 3.8) is 0 Å².